The molecule has 2 amide bonds. The zero-order valence-corrected chi connectivity index (χ0v) is 24.8. The quantitative estimate of drug-likeness (QED) is 0.239. The van der Waals surface area contributed by atoms with E-state index in [4.69, 9.17) is 14.2 Å². The average Bonchev–Trinajstić information content (AvgIpc) is 3.78. The van der Waals surface area contributed by atoms with Crippen LogP contribution in [-0.4, -0.2) is 104 Å². The molecule has 0 unspecified atom stereocenters. The molecule has 11 nitrogen and oxygen atoms in total. The van der Waals surface area contributed by atoms with Crippen LogP contribution in [0, 0.1) is 5.92 Å². The molecule has 0 spiro atoms. The van der Waals surface area contributed by atoms with Crippen molar-refractivity contribution >= 4 is 23.4 Å². The summed E-state index contributed by atoms with van der Waals surface area (Å²) in [6, 6.07) is 14.5. The van der Waals surface area contributed by atoms with Gasteiger partial charge in [-0.15, -0.1) is 0 Å². The zero-order chi connectivity index (χ0) is 30.8. The van der Waals surface area contributed by atoms with Crippen molar-refractivity contribution in [3.63, 3.8) is 0 Å². The summed E-state index contributed by atoms with van der Waals surface area (Å²) in [7, 11) is 1.56. The summed E-state index contributed by atoms with van der Waals surface area (Å²) in [5.41, 5.74) is 0.700. The molecule has 0 aromatic heterocycles. The number of rotatable bonds is 16. The fourth-order valence-electron chi connectivity index (χ4n) is 5.09. The highest BCUT2D eigenvalue weighted by Gasteiger charge is 2.50. The molecule has 11 heteroatoms. The monoisotopic (exact) mass is 595 g/mol. The second-order valence-corrected chi connectivity index (χ2v) is 11.2. The molecule has 4 atom stereocenters. The van der Waals surface area contributed by atoms with Crippen LogP contribution >= 0.6 is 0 Å². The number of hydrogen-bond acceptors (Lipinski definition) is 9. The first kappa shape index (κ1) is 32.3. The molecule has 4 rings (SSSR count). The Kier molecular flexibility index (Phi) is 11.4. The second-order valence-electron chi connectivity index (χ2n) is 11.2. The van der Waals surface area contributed by atoms with E-state index in [1.54, 1.807) is 26.2 Å². The molecule has 43 heavy (non-hydrogen) atoms. The van der Waals surface area contributed by atoms with Crippen molar-refractivity contribution in [2.45, 2.75) is 43.9 Å². The number of aliphatic hydroxyl groups excluding tert-OH is 1. The van der Waals surface area contributed by atoms with E-state index in [1.165, 1.54) is 0 Å². The van der Waals surface area contributed by atoms with Crippen LogP contribution in [0.25, 0.3) is 0 Å². The number of amides is 2. The molecule has 2 saturated heterocycles. The minimum atomic E-state index is -1.17. The van der Waals surface area contributed by atoms with E-state index >= 15 is 0 Å². The van der Waals surface area contributed by atoms with Gasteiger partial charge in [0.15, 0.2) is 11.6 Å². The molecule has 2 heterocycles. The molecule has 0 radical (unpaired) electrons. The number of morpholine rings is 1. The van der Waals surface area contributed by atoms with Gasteiger partial charge in [-0.05, 0) is 43.0 Å². The van der Waals surface area contributed by atoms with Gasteiger partial charge in [-0.2, -0.15) is 0 Å². The lowest BCUT2D eigenvalue weighted by Gasteiger charge is -2.27. The lowest BCUT2D eigenvalue weighted by atomic mass is 9.89. The third-order valence-electron chi connectivity index (χ3n) is 7.85. The first-order chi connectivity index (χ1) is 20.7. The van der Waals surface area contributed by atoms with Gasteiger partial charge < -0.3 is 30.0 Å². The highest BCUT2D eigenvalue weighted by atomic mass is 16.6. The van der Waals surface area contributed by atoms with Crippen molar-refractivity contribution in [2.24, 2.45) is 5.92 Å². The van der Waals surface area contributed by atoms with E-state index in [0.29, 0.717) is 32.1 Å². The van der Waals surface area contributed by atoms with Crippen molar-refractivity contribution < 1.29 is 38.5 Å². The van der Waals surface area contributed by atoms with E-state index in [-0.39, 0.29) is 38.2 Å². The number of methoxy groups -OCH3 is 1. The van der Waals surface area contributed by atoms with Gasteiger partial charge in [0.25, 0.3) is 0 Å². The van der Waals surface area contributed by atoms with Gasteiger partial charge in [0.2, 0.25) is 11.8 Å². The third kappa shape index (κ3) is 9.42. The summed E-state index contributed by atoms with van der Waals surface area (Å²) in [5.74, 6) is -1.80. The molecule has 2 aromatic rings. The highest BCUT2D eigenvalue weighted by molar-refractivity contribution is 5.98. The summed E-state index contributed by atoms with van der Waals surface area (Å²) < 4.78 is 15.9. The zero-order valence-electron chi connectivity index (χ0n) is 24.8. The normalized spacial score (nSPS) is 20.3. The van der Waals surface area contributed by atoms with Crippen LogP contribution in [-0.2, 0) is 41.5 Å². The molecule has 3 N–H and O–H groups in total. The van der Waals surface area contributed by atoms with Gasteiger partial charge in [0, 0.05) is 25.4 Å². The SMILES string of the molecule is COc1ccc(C[C@H](CC(=O)[C@H](CO)NC(=O)CN2CCOCC2)C(=O)N[C@@H](Cc2ccccc2)C(=O)[C@@]2(C)CO2)cc1. The van der Waals surface area contributed by atoms with Crippen LogP contribution in [0.2, 0.25) is 0 Å². The van der Waals surface area contributed by atoms with E-state index in [9.17, 15) is 24.3 Å². The summed E-state index contributed by atoms with van der Waals surface area (Å²) in [6.45, 7) is 3.70. The number of ether oxygens (including phenoxy) is 3. The first-order valence-corrected chi connectivity index (χ1v) is 14.6. The Morgan fingerprint density at radius 1 is 0.953 bits per heavy atom. The molecule has 232 valence electrons. The first-order valence-electron chi connectivity index (χ1n) is 14.6. The highest BCUT2D eigenvalue weighted by Crippen LogP contribution is 2.29. The molecule has 2 aliphatic rings. The minimum Gasteiger partial charge on any atom is -0.497 e. The Labute approximate surface area is 251 Å². The maximum absolute atomic E-state index is 13.8. The fraction of sp³-hybridized carbons (Fsp3) is 0.500. The Hall–Kier alpha value is -3.64. The van der Waals surface area contributed by atoms with Crippen LogP contribution in [0.1, 0.15) is 24.5 Å². The lowest BCUT2D eigenvalue weighted by Crippen LogP contribution is -2.51. The third-order valence-corrected chi connectivity index (χ3v) is 7.85. The van der Waals surface area contributed by atoms with E-state index in [0.717, 1.165) is 11.1 Å². The van der Waals surface area contributed by atoms with Gasteiger partial charge in [-0.1, -0.05) is 42.5 Å². The standard InChI is InChI=1S/C32H41N3O8/c1-32(21-43-32)30(39)26(17-22-6-4-3-5-7-22)34-31(40)24(16-23-8-10-25(41-2)11-9-23)18-28(37)27(20-36)33-29(38)19-35-12-14-42-15-13-35/h3-11,24,26-27,36H,12-21H2,1-2H3,(H,33,38)(H,34,40)/t24-,26+,27+,32-/m1/s1. The predicted octanol–water partition coefficient (Wildman–Crippen LogP) is 0.708. The lowest BCUT2D eigenvalue weighted by molar-refractivity contribution is -0.135. The molecular weight excluding hydrogens is 554 g/mol. The summed E-state index contributed by atoms with van der Waals surface area (Å²) in [5, 5.41) is 15.5. The number of nitrogens with one attached hydrogen (secondary N) is 2. The molecule has 2 aliphatic heterocycles. The molecule has 0 saturated carbocycles. The van der Waals surface area contributed by atoms with E-state index in [2.05, 4.69) is 10.6 Å². The van der Waals surface area contributed by atoms with Gasteiger partial charge in [0.1, 0.15) is 17.4 Å². The van der Waals surface area contributed by atoms with Gasteiger partial charge in [-0.3, -0.25) is 24.1 Å². The largest absolute Gasteiger partial charge is 0.497 e. The maximum Gasteiger partial charge on any atom is 0.234 e. The predicted molar refractivity (Wildman–Crippen MR) is 158 cm³/mol. The summed E-state index contributed by atoms with van der Waals surface area (Å²) >= 11 is 0. The number of nitrogens with zero attached hydrogens (tertiary/aromatic N) is 1. The number of epoxide rings is 1. The van der Waals surface area contributed by atoms with Crippen LogP contribution < -0.4 is 15.4 Å². The second kappa shape index (κ2) is 15.2. The smallest absolute Gasteiger partial charge is 0.234 e. The Balaban J connectivity index is 1.49. The van der Waals surface area contributed by atoms with Crippen molar-refractivity contribution in [3.8, 4) is 5.75 Å². The van der Waals surface area contributed by atoms with Crippen LogP contribution in [0.3, 0.4) is 0 Å². The van der Waals surface area contributed by atoms with Crippen LogP contribution in [0.4, 0.5) is 0 Å². The minimum absolute atomic E-state index is 0.0764. The van der Waals surface area contributed by atoms with Crippen LogP contribution in [0.5, 0.6) is 5.75 Å². The number of carbonyl (C=O) groups is 4. The summed E-state index contributed by atoms with van der Waals surface area (Å²) in [4.78, 5) is 55.1. The number of ketones is 2. The number of carbonyl (C=O) groups excluding carboxylic acids is 4. The van der Waals surface area contributed by atoms with Crippen molar-refractivity contribution in [3.05, 3.63) is 65.7 Å². The molecular formula is C32H41N3O8. The van der Waals surface area contributed by atoms with Crippen molar-refractivity contribution in [2.75, 3.05) is 53.2 Å². The Morgan fingerprint density at radius 2 is 1.60 bits per heavy atom. The number of hydrogen-bond donors (Lipinski definition) is 3. The average molecular weight is 596 g/mol. The molecule has 2 fully saturated rings. The topological polar surface area (TPSA) is 147 Å². The Morgan fingerprint density at radius 3 is 2.21 bits per heavy atom. The Bertz CT molecular complexity index is 1240. The molecule has 2 aromatic carbocycles. The maximum atomic E-state index is 13.8. The molecule has 0 aliphatic carbocycles. The number of aliphatic hydroxyl groups is 1. The molecule has 0 bridgehead atoms. The number of benzene rings is 2. The van der Waals surface area contributed by atoms with Gasteiger partial charge in [-0.25, -0.2) is 0 Å². The van der Waals surface area contributed by atoms with Gasteiger partial charge >= 0.3 is 0 Å². The fourth-order valence-corrected chi connectivity index (χ4v) is 5.09. The van der Waals surface area contributed by atoms with Crippen molar-refractivity contribution in [1.29, 1.82) is 0 Å². The van der Waals surface area contributed by atoms with Gasteiger partial charge in [0.05, 0.1) is 46.1 Å². The van der Waals surface area contributed by atoms with E-state index in [1.807, 2.05) is 47.4 Å². The number of Topliss-reactive ketones (excluding diaryl/α,β-unsaturated/α-hetero) is 2. The van der Waals surface area contributed by atoms with E-state index < -0.39 is 47.8 Å². The summed E-state index contributed by atoms with van der Waals surface area (Å²) in [6.07, 6.45) is 0.215. The van der Waals surface area contributed by atoms with Crippen LogP contribution in [0.15, 0.2) is 54.6 Å². The van der Waals surface area contributed by atoms with Crippen molar-refractivity contribution in [1.82, 2.24) is 15.5 Å².